The van der Waals surface area contributed by atoms with E-state index in [0.29, 0.717) is 0 Å². The molecule has 0 amide bonds. The number of aliphatic hydroxyl groups is 1. The molecule has 1 aromatic rings. The Morgan fingerprint density at radius 2 is 1.94 bits per heavy atom. The fourth-order valence-electron chi connectivity index (χ4n) is 2.72. The fourth-order valence-corrected chi connectivity index (χ4v) is 2.72. The third-order valence-corrected chi connectivity index (χ3v) is 4.20. The maximum Gasteiger partial charge on any atom is 0.0632 e. The molecule has 1 unspecified atom stereocenters. The molecule has 0 saturated carbocycles. The molecule has 1 aromatic carbocycles. The molecule has 0 bridgehead atoms. The minimum absolute atomic E-state index is 0.0941. The maximum absolute atomic E-state index is 9.75. The summed E-state index contributed by atoms with van der Waals surface area (Å²) in [4.78, 5) is 4.56. The monoisotopic (exact) mass is 248 g/mol. The third-order valence-electron chi connectivity index (χ3n) is 4.20. The Morgan fingerprint density at radius 1 is 1.28 bits per heavy atom. The summed E-state index contributed by atoms with van der Waals surface area (Å²) >= 11 is 0. The molecule has 1 N–H and O–H groups in total. The Hall–Kier alpha value is -1.06. The van der Waals surface area contributed by atoms with Crippen molar-refractivity contribution in [3.63, 3.8) is 0 Å². The molecule has 1 fully saturated rings. The SMILES string of the molecule is Cc1ccc(N2CCCC(CO)(N(C)C)C2)cc1. The van der Waals surface area contributed by atoms with E-state index < -0.39 is 0 Å². The topological polar surface area (TPSA) is 26.7 Å². The number of nitrogens with zero attached hydrogens (tertiary/aromatic N) is 2. The highest BCUT2D eigenvalue weighted by atomic mass is 16.3. The molecule has 0 radical (unpaired) electrons. The number of rotatable bonds is 3. The second-order valence-electron chi connectivity index (χ2n) is 5.64. The van der Waals surface area contributed by atoms with Crippen molar-refractivity contribution in [3.05, 3.63) is 29.8 Å². The van der Waals surface area contributed by atoms with Gasteiger partial charge in [0.2, 0.25) is 0 Å². The van der Waals surface area contributed by atoms with Crippen molar-refractivity contribution < 1.29 is 5.11 Å². The maximum atomic E-state index is 9.75. The lowest BCUT2D eigenvalue weighted by molar-refractivity contribution is 0.0547. The van der Waals surface area contributed by atoms with Crippen LogP contribution in [0.2, 0.25) is 0 Å². The highest BCUT2D eigenvalue weighted by Crippen LogP contribution is 2.29. The molecule has 1 aliphatic rings. The van der Waals surface area contributed by atoms with Gasteiger partial charge in [0.05, 0.1) is 12.1 Å². The van der Waals surface area contributed by atoms with Crippen molar-refractivity contribution in [1.82, 2.24) is 4.90 Å². The van der Waals surface area contributed by atoms with Gasteiger partial charge in [0.25, 0.3) is 0 Å². The molecule has 1 heterocycles. The van der Waals surface area contributed by atoms with Gasteiger partial charge >= 0.3 is 0 Å². The largest absolute Gasteiger partial charge is 0.394 e. The van der Waals surface area contributed by atoms with E-state index >= 15 is 0 Å². The van der Waals surface area contributed by atoms with Gasteiger partial charge in [0.1, 0.15) is 0 Å². The average molecular weight is 248 g/mol. The van der Waals surface area contributed by atoms with E-state index in [9.17, 15) is 5.11 Å². The van der Waals surface area contributed by atoms with Crippen LogP contribution in [0.4, 0.5) is 5.69 Å². The highest BCUT2D eigenvalue weighted by molar-refractivity contribution is 5.48. The first kappa shape index (κ1) is 13.4. The van der Waals surface area contributed by atoms with Gasteiger partial charge in [-0.3, -0.25) is 4.90 Å². The van der Waals surface area contributed by atoms with Crippen molar-refractivity contribution in [2.75, 3.05) is 38.7 Å². The number of hydrogen-bond acceptors (Lipinski definition) is 3. The van der Waals surface area contributed by atoms with E-state index in [-0.39, 0.29) is 12.1 Å². The number of likely N-dealkylation sites (N-methyl/N-ethyl adjacent to an activating group) is 1. The van der Waals surface area contributed by atoms with Gasteiger partial charge in [-0.15, -0.1) is 0 Å². The molecule has 1 saturated heterocycles. The molecule has 0 spiro atoms. The minimum atomic E-state index is -0.0941. The second kappa shape index (κ2) is 5.29. The number of piperidine rings is 1. The van der Waals surface area contributed by atoms with E-state index in [0.717, 1.165) is 25.9 Å². The highest BCUT2D eigenvalue weighted by Gasteiger charge is 2.36. The molecular weight excluding hydrogens is 224 g/mol. The summed E-state index contributed by atoms with van der Waals surface area (Å²) in [6, 6.07) is 8.66. The van der Waals surface area contributed by atoms with Crippen molar-refractivity contribution in [1.29, 1.82) is 0 Å². The van der Waals surface area contributed by atoms with E-state index in [1.54, 1.807) is 0 Å². The van der Waals surface area contributed by atoms with Crippen LogP contribution in [0.5, 0.6) is 0 Å². The Balaban J connectivity index is 2.18. The number of aryl methyl sites for hydroxylation is 1. The van der Waals surface area contributed by atoms with Gasteiger partial charge in [-0.2, -0.15) is 0 Å². The van der Waals surface area contributed by atoms with E-state index in [1.165, 1.54) is 11.3 Å². The lowest BCUT2D eigenvalue weighted by Gasteiger charge is -2.46. The average Bonchev–Trinajstić information content (AvgIpc) is 2.39. The third kappa shape index (κ3) is 2.52. The van der Waals surface area contributed by atoms with Crippen LogP contribution < -0.4 is 4.90 Å². The van der Waals surface area contributed by atoms with Gasteiger partial charge in [0, 0.05) is 18.8 Å². The van der Waals surface area contributed by atoms with Gasteiger partial charge < -0.3 is 10.0 Å². The van der Waals surface area contributed by atoms with Crippen molar-refractivity contribution in [3.8, 4) is 0 Å². The van der Waals surface area contributed by atoms with Crippen LogP contribution in [0.25, 0.3) is 0 Å². The van der Waals surface area contributed by atoms with Crippen LogP contribution in [0, 0.1) is 6.92 Å². The normalized spacial score (nSPS) is 24.6. The van der Waals surface area contributed by atoms with E-state index in [4.69, 9.17) is 0 Å². The van der Waals surface area contributed by atoms with Crippen molar-refractivity contribution in [2.24, 2.45) is 0 Å². The molecule has 3 heteroatoms. The predicted molar refractivity (Wildman–Crippen MR) is 76.1 cm³/mol. The summed E-state index contributed by atoms with van der Waals surface area (Å²) in [5.41, 5.74) is 2.46. The number of anilines is 1. The molecule has 1 aliphatic heterocycles. The molecule has 18 heavy (non-hydrogen) atoms. The molecule has 100 valence electrons. The van der Waals surface area contributed by atoms with E-state index in [1.807, 2.05) is 0 Å². The van der Waals surface area contributed by atoms with E-state index in [2.05, 4.69) is 55.1 Å². The van der Waals surface area contributed by atoms with Gasteiger partial charge in [0.15, 0.2) is 0 Å². The summed E-state index contributed by atoms with van der Waals surface area (Å²) in [6.07, 6.45) is 2.20. The first-order valence-corrected chi connectivity index (χ1v) is 6.67. The van der Waals surface area contributed by atoms with Gasteiger partial charge in [-0.05, 0) is 46.0 Å². The lowest BCUT2D eigenvalue weighted by Crippen LogP contribution is -2.58. The van der Waals surface area contributed by atoms with Gasteiger partial charge in [-0.1, -0.05) is 17.7 Å². The van der Waals surface area contributed by atoms with Crippen LogP contribution in [-0.4, -0.2) is 49.3 Å². The smallest absolute Gasteiger partial charge is 0.0632 e. The Kier molecular flexibility index (Phi) is 3.93. The summed E-state index contributed by atoms with van der Waals surface area (Å²) in [6.45, 7) is 4.32. The molecule has 1 atom stereocenters. The zero-order chi connectivity index (χ0) is 13.2. The quantitative estimate of drug-likeness (QED) is 0.885. The fraction of sp³-hybridized carbons (Fsp3) is 0.600. The molecule has 3 nitrogen and oxygen atoms in total. The Morgan fingerprint density at radius 3 is 2.50 bits per heavy atom. The minimum Gasteiger partial charge on any atom is -0.394 e. The van der Waals surface area contributed by atoms with Crippen LogP contribution in [0.3, 0.4) is 0 Å². The summed E-state index contributed by atoms with van der Waals surface area (Å²) < 4.78 is 0. The number of aliphatic hydroxyl groups excluding tert-OH is 1. The standard InChI is InChI=1S/C15H24N2O/c1-13-5-7-14(8-6-13)17-10-4-9-15(11-17,12-18)16(2)3/h5-8,18H,4,9-12H2,1-3H3. The van der Waals surface area contributed by atoms with Crippen LogP contribution in [0.15, 0.2) is 24.3 Å². The van der Waals surface area contributed by atoms with Crippen molar-refractivity contribution >= 4 is 5.69 Å². The summed E-state index contributed by atoms with van der Waals surface area (Å²) in [5, 5.41) is 9.75. The Bertz CT molecular complexity index is 388. The predicted octanol–water partition coefficient (Wildman–Crippen LogP) is 1.89. The zero-order valence-electron chi connectivity index (χ0n) is 11.7. The first-order chi connectivity index (χ1) is 8.57. The summed E-state index contributed by atoms with van der Waals surface area (Å²) in [5.74, 6) is 0. The number of hydrogen-bond donors (Lipinski definition) is 1. The molecule has 2 rings (SSSR count). The molecule has 0 aromatic heterocycles. The van der Waals surface area contributed by atoms with Gasteiger partial charge in [-0.25, -0.2) is 0 Å². The number of benzene rings is 1. The molecule has 0 aliphatic carbocycles. The van der Waals surface area contributed by atoms with Crippen LogP contribution >= 0.6 is 0 Å². The van der Waals surface area contributed by atoms with Crippen LogP contribution in [-0.2, 0) is 0 Å². The molecular formula is C15H24N2O. The Labute approximate surface area is 110 Å². The zero-order valence-corrected chi connectivity index (χ0v) is 11.7. The van der Waals surface area contributed by atoms with Crippen LogP contribution in [0.1, 0.15) is 18.4 Å². The first-order valence-electron chi connectivity index (χ1n) is 6.67. The van der Waals surface area contributed by atoms with Crippen molar-refractivity contribution in [2.45, 2.75) is 25.3 Å². The summed E-state index contributed by atoms with van der Waals surface area (Å²) in [7, 11) is 4.13. The lowest BCUT2D eigenvalue weighted by atomic mass is 9.88. The second-order valence-corrected chi connectivity index (χ2v) is 5.64.